The summed E-state index contributed by atoms with van der Waals surface area (Å²) in [6.07, 6.45) is 0. The number of hydrogen-bond donors (Lipinski definition) is 2. The Kier molecular flexibility index (Phi) is 6.03. The highest BCUT2D eigenvalue weighted by Crippen LogP contribution is 2.15. The first-order valence-electron chi connectivity index (χ1n) is 4.53. The molecule has 4 nitrogen and oxygen atoms in total. The number of esters is 1. The maximum absolute atomic E-state index is 10.4. The molecule has 1 heterocycles. The number of carbonyl (C=O) groups is 1. The highest BCUT2D eigenvalue weighted by Gasteiger charge is 1.93. The molecule has 0 saturated heterocycles. The lowest BCUT2D eigenvalue weighted by Crippen LogP contribution is -2.00. The van der Waals surface area contributed by atoms with E-state index in [4.69, 9.17) is 4.74 Å². The number of thiol groups is 2. The Morgan fingerprint density at radius 1 is 1.18 bits per heavy atom. The minimum absolute atomic E-state index is 0.286. The smallest absolute Gasteiger partial charge is 0.308 e. The van der Waals surface area contributed by atoms with Gasteiger partial charge < -0.3 is 4.74 Å². The van der Waals surface area contributed by atoms with E-state index in [9.17, 15) is 4.79 Å². The number of hydrogen-bond acceptors (Lipinski definition) is 7. The van der Waals surface area contributed by atoms with Crippen molar-refractivity contribution in [1.82, 2.24) is 10.2 Å². The van der Waals surface area contributed by atoms with Gasteiger partial charge in [0.15, 0.2) is 8.68 Å². The van der Waals surface area contributed by atoms with Crippen LogP contribution in [-0.4, -0.2) is 16.2 Å². The first-order chi connectivity index (χ1) is 8.08. The molecule has 90 valence electrons. The normalized spacial score (nSPS) is 9.12. The van der Waals surface area contributed by atoms with Crippen LogP contribution in [0.4, 0.5) is 0 Å². The van der Waals surface area contributed by atoms with Gasteiger partial charge in [0.1, 0.15) is 5.75 Å². The second-order valence-electron chi connectivity index (χ2n) is 2.77. The molecule has 0 saturated carbocycles. The van der Waals surface area contributed by atoms with Crippen LogP contribution < -0.4 is 4.74 Å². The molecular weight excluding hydrogens is 276 g/mol. The van der Waals surface area contributed by atoms with E-state index in [0.29, 0.717) is 14.4 Å². The van der Waals surface area contributed by atoms with Gasteiger partial charge >= 0.3 is 5.97 Å². The van der Waals surface area contributed by atoms with Crippen molar-refractivity contribution in [2.45, 2.75) is 15.6 Å². The summed E-state index contributed by atoms with van der Waals surface area (Å²) in [6, 6.07) is 8.98. The highest BCUT2D eigenvalue weighted by atomic mass is 32.2. The molecule has 0 atom stereocenters. The van der Waals surface area contributed by atoms with E-state index in [1.807, 2.05) is 18.2 Å². The number of rotatable bonds is 1. The molecule has 1 aromatic heterocycles. The van der Waals surface area contributed by atoms with Crippen LogP contribution >= 0.6 is 36.6 Å². The summed E-state index contributed by atoms with van der Waals surface area (Å²) in [7, 11) is 0. The fraction of sp³-hybridized carbons (Fsp3) is 0.100. The molecule has 0 amide bonds. The van der Waals surface area contributed by atoms with Gasteiger partial charge in [-0.05, 0) is 12.1 Å². The van der Waals surface area contributed by atoms with Gasteiger partial charge in [-0.25, -0.2) is 0 Å². The Bertz CT molecular complexity index is 457. The molecule has 0 fully saturated rings. The molecule has 0 unspecified atom stereocenters. The van der Waals surface area contributed by atoms with Crippen molar-refractivity contribution < 1.29 is 9.53 Å². The van der Waals surface area contributed by atoms with Gasteiger partial charge in [-0.3, -0.25) is 4.79 Å². The molecule has 2 aromatic rings. The van der Waals surface area contributed by atoms with E-state index in [2.05, 4.69) is 35.5 Å². The Hall–Kier alpha value is -1.05. The largest absolute Gasteiger partial charge is 0.427 e. The van der Waals surface area contributed by atoms with E-state index in [1.165, 1.54) is 18.3 Å². The molecule has 2 rings (SSSR count). The van der Waals surface area contributed by atoms with Crippen LogP contribution in [0.5, 0.6) is 5.75 Å². The van der Waals surface area contributed by atoms with Crippen molar-refractivity contribution in [3.63, 3.8) is 0 Å². The number of ether oxygens (including phenoxy) is 1. The number of aromatic nitrogens is 2. The standard InChI is InChI=1S/C8H8O2.C2H2N2S3/c1-7(9)10-8-5-3-2-4-6-8;5-1-3-4-2(6)7-1/h2-6H,1H3;(H,3,5)(H,4,6). The maximum Gasteiger partial charge on any atom is 0.308 e. The molecule has 0 spiro atoms. The number of benzene rings is 1. The molecular formula is C10H10N2O2S3. The molecule has 0 N–H and O–H groups in total. The fourth-order valence-corrected chi connectivity index (χ4v) is 2.01. The third-order valence-electron chi connectivity index (χ3n) is 1.41. The topological polar surface area (TPSA) is 52.1 Å². The minimum atomic E-state index is -0.286. The summed E-state index contributed by atoms with van der Waals surface area (Å²) in [4.78, 5) is 10.4. The van der Waals surface area contributed by atoms with Crippen molar-refractivity contribution in [3.8, 4) is 5.75 Å². The van der Waals surface area contributed by atoms with E-state index < -0.39 is 0 Å². The summed E-state index contributed by atoms with van der Waals surface area (Å²) in [5.74, 6) is 0.307. The van der Waals surface area contributed by atoms with Crippen molar-refractivity contribution >= 4 is 42.6 Å². The zero-order valence-corrected chi connectivity index (χ0v) is 11.5. The van der Waals surface area contributed by atoms with Crippen LogP contribution in [0.1, 0.15) is 6.92 Å². The van der Waals surface area contributed by atoms with Crippen molar-refractivity contribution in [2.24, 2.45) is 0 Å². The van der Waals surface area contributed by atoms with Gasteiger partial charge in [-0.1, -0.05) is 29.5 Å². The SMILES string of the molecule is CC(=O)Oc1ccccc1.Sc1nnc(S)s1. The molecule has 0 bridgehead atoms. The second kappa shape index (κ2) is 7.31. The van der Waals surface area contributed by atoms with Crippen LogP contribution in [0.2, 0.25) is 0 Å². The predicted octanol–water partition coefficient (Wildman–Crippen LogP) is 2.73. The monoisotopic (exact) mass is 286 g/mol. The van der Waals surface area contributed by atoms with Crippen molar-refractivity contribution in [2.75, 3.05) is 0 Å². The lowest BCUT2D eigenvalue weighted by molar-refractivity contribution is -0.131. The zero-order valence-electron chi connectivity index (χ0n) is 8.90. The molecule has 0 aliphatic rings. The van der Waals surface area contributed by atoms with Crippen LogP contribution in [-0.2, 0) is 4.79 Å². The second-order valence-corrected chi connectivity index (χ2v) is 5.20. The van der Waals surface area contributed by atoms with Crippen LogP contribution in [0.15, 0.2) is 39.0 Å². The fourth-order valence-electron chi connectivity index (χ4n) is 0.863. The van der Waals surface area contributed by atoms with Gasteiger partial charge in [-0.15, -0.1) is 35.5 Å². The quantitative estimate of drug-likeness (QED) is 0.481. The van der Waals surface area contributed by atoms with Crippen LogP contribution in [0.3, 0.4) is 0 Å². The van der Waals surface area contributed by atoms with E-state index in [1.54, 1.807) is 12.1 Å². The Morgan fingerprint density at radius 2 is 1.71 bits per heavy atom. The van der Waals surface area contributed by atoms with Crippen LogP contribution in [0.25, 0.3) is 0 Å². The molecule has 17 heavy (non-hydrogen) atoms. The summed E-state index contributed by atoms with van der Waals surface area (Å²) < 4.78 is 6.09. The van der Waals surface area contributed by atoms with Crippen molar-refractivity contribution in [3.05, 3.63) is 30.3 Å². The number of nitrogens with zero attached hydrogens (tertiary/aromatic N) is 2. The van der Waals surface area contributed by atoms with E-state index in [0.717, 1.165) is 0 Å². The first-order valence-corrected chi connectivity index (χ1v) is 6.24. The third-order valence-corrected chi connectivity index (χ3v) is 2.66. The van der Waals surface area contributed by atoms with Gasteiger partial charge in [0, 0.05) is 6.92 Å². The Balaban J connectivity index is 0.000000181. The summed E-state index contributed by atoms with van der Waals surface area (Å²) in [6.45, 7) is 1.38. The van der Waals surface area contributed by atoms with Gasteiger partial charge in [0.2, 0.25) is 0 Å². The first kappa shape index (κ1) is 14.0. The summed E-state index contributed by atoms with van der Waals surface area (Å²) in [5.41, 5.74) is 0. The third kappa shape index (κ3) is 6.30. The molecule has 0 aliphatic heterocycles. The van der Waals surface area contributed by atoms with Crippen LogP contribution in [0, 0.1) is 0 Å². The Morgan fingerprint density at radius 3 is 2.06 bits per heavy atom. The minimum Gasteiger partial charge on any atom is -0.427 e. The van der Waals surface area contributed by atoms with Crippen molar-refractivity contribution in [1.29, 1.82) is 0 Å². The Labute approximate surface area is 114 Å². The lowest BCUT2D eigenvalue weighted by atomic mass is 10.3. The van der Waals surface area contributed by atoms with Gasteiger partial charge in [0.25, 0.3) is 0 Å². The summed E-state index contributed by atoms with van der Waals surface area (Å²) in [5, 5.41) is 7.15. The van der Waals surface area contributed by atoms with E-state index >= 15 is 0 Å². The molecule has 1 aromatic carbocycles. The lowest BCUT2D eigenvalue weighted by Gasteiger charge is -1.97. The average Bonchev–Trinajstić information content (AvgIpc) is 2.64. The average molecular weight is 286 g/mol. The summed E-state index contributed by atoms with van der Waals surface area (Å²) >= 11 is 9.15. The number of carbonyl (C=O) groups excluding carboxylic acids is 1. The van der Waals surface area contributed by atoms with Gasteiger partial charge in [0.05, 0.1) is 0 Å². The molecule has 0 aliphatic carbocycles. The predicted molar refractivity (Wildman–Crippen MR) is 72.2 cm³/mol. The molecule has 0 radical (unpaired) electrons. The van der Waals surface area contributed by atoms with E-state index in [-0.39, 0.29) is 5.97 Å². The zero-order chi connectivity index (χ0) is 12.7. The van der Waals surface area contributed by atoms with Gasteiger partial charge in [-0.2, -0.15) is 0 Å². The number of para-hydroxylation sites is 1. The maximum atomic E-state index is 10.4. The highest BCUT2D eigenvalue weighted by molar-refractivity contribution is 7.85. The molecule has 7 heteroatoms.